The molecule has 1 aliphatic heterocycles. The van der Waals surface area contributed by atoms with Crippen LogP contribution in [0.15, 0.2) is 42.5 Å². The van der Waals surface area contributed by atoms with Crippen molar-refractivity contribution < 1.29 is 9.53 Å². The summed E-state index contributed by atoms with van der Waals surface area (Å²) in [5.41, 5.74) is 4.84. The normalized spacial score (nSPS) is 16.0. The minimum Gasteiger partial charge on any atom is -0.489 e. The van der Waals surface area contributed by atoms with Crippen LogP contribution in [-0.4, -0.2) is 27.0 Å². The van der Waals surface area contributed by atoms with Crippen molar-refractivity contribution in [3.8, 4) is 17.3 Å². The molecule has 3 heterocycles. The van der Waals surface area contributed by atoms with Crippen LogP contribution in [0.2, 0.25) is 0 Å². The zero-order chi connectivity index (χ0) is 18.0. The molecule has 4 aromatic rings. The van der Waals surface area contributed by atoms with Gasteiger partial charge in [-0.05, 0) is 43.0 Å². The molecule has 2 aromatic carbocycles. The number of carbonyl (C=O) groups is 1. The molecular formula is C22H19N3O2. The molecule has 5 nitrogen and oxygen atoms in total. The van der Waals surface area contributed by atoms with Gasteiger partial charge in [-0.3, -0.25) is 4.79 Å². The van der Waals surface area contributed by atoms with Gasteiger partial charge in [0.1, 0.15) is 24.2 Å². The fourth-order valence-corrected chi connectivity index (χ4v) is 4.24. The summed E-state index contributed by atoms with van der Waals surface area (Å²) in [5, 5.41) is 1.24. The van der Waals surface area contributed by atoms with Gasteiger partial charge >= 0.3 is 0 Å². The molecule has 0 amide bonds. The minimum atomic E-state index is 0.594. The van der Waals surface area contributed by atoms with Gasteiger partial charge < -0.3 is 13.9 Å². The molecule has 0 saturated heterocycles. The lowest BCUT2D eigenvalue weighted by Crippen LogP contribution is -2.16. The van der Waals surface area contributed by atoms with E-state index in [0.29, 0.717) is 12.2 Å². The molecule has 6 rings (SSSR count). The lowest BCUT2D eigenvalue weighted by Gasteiger charge is -2.19. The van der Waals surface area contributed by atoms with Crippen molar-refractivity contribution in [3.05, 3.63) is 48.0 Å². The van der Waals surface area contributed by atoms with Gasteiger partial charge in [0.2, 0.25) is 0 Å². The maximum Gasteiger partial charge on any atom is 0.158 e. The fraction of sp³-hybridized carbons (Fsp3) is 0.273. The number of aldehydes is 1. The SMILES string of the molecule is O=Cc1cc2c3c(c1)nc(-c1cc4ccccc4n1CC1CC1)n3CCO2. The standard InChI is InChI=1S/C22H19N3O2/c26-13-15-9-17-21-20(10-15)27-8-7-24(21)22(23-17)19-11-16-3-1-2-4-18(16)25(19)12-14-5-6-14/h1-4,9-11,13-14H,5-8,12H2. The number of benzene rings is 2. The Morgan fingerprint density at radius 1 is 1.19 bits per heavy atom. The number of hydrogen-bond acceptors (Lipinski definition) is 3. The van der Waals surface area contributed by atoms with E-state index in [0.717, 1.165) is 53.6 Å². The predicted molar refractivity (Wildman–Crippen MR) is 104 cm³/mol. The average molecular weight is 357 g/mol. The summed E-state index contributed by atoms with van der Waals surface area (Å²) in [5.74, 6) is 2.49. The lowest BCUT2D eigenvalue weighted by atomic mass is 10.2. The van der Waals surface area contributed by atoms with Crippen LogP contribution in [-0.2, 0) is 13.1 Å². The summed E-state index contributed by atoms with van der Waals surface area (Å²) in [6, 6.07) is 14.5. The first kappa shape index (κ1) is 15.0. The Morgan fingerprint density at radius 2 is 2.07 bits per heavy atom. The topological polar surface area (TPSA) is 49.0 Å². The van der Waals surface area contributed by atoms with E-state index in [-0.39, 0.29) is 0 Å². The number of rotatable bonds is 4. The van der Waals surface area contributed by atoms with Crippen molar-refractivity contribution >= 4 is 28.2 Å². The summed E-state index contributed by atoms with van der Waals surface area (Å²) >= 11 is 0. The van der Waals surface area contributed by atoms with Crippen molar-refractivity contribution in [1.29, 1.82) is 0 Å². The number of carbonyl (C=O) groups excluding carboxylic acids is 1. The Balaban J connectivity index is 1.64. The number of ether oxygens (including phenoxy) is 1. The third-order valence-electron chi connectivity index (χ3n) is 5.72. The van der Waals surface area contributed by atoms with Gasteiger partial charge in [-0.1, -0.05) is 18.2 Å². The molecule has 1 aliphatic carbocycles. The Kier molecular flexibility index (Phi) is 3.04. The Labute approximate surface area is 156 Å². The number of hydrogen-bond donors (Lipinski definition) is 0. The molecule has 0 unspecified atom stereocenters. The third kappa shape index (κ3) is 2.24. The zero-order valence-corrected chi connectivity index (χ0v) is 14.9. The highest BCUT2D eigenvalue weighted by Crippen LogP contribution is 2.38. The van der Waals surface area contributed by atoms with Crippen molar-refractivity contribution in [2.45, 2.75) is 25.9 Å². The molecule has 1 saturated carbocycles. The van der Waals surface area contributed by atoms with Gasteiger partial charge in [0.25, 0.3) is 0 Å². The summed E-state index contributed by atoms with van der Waals surface area (Å²) in [7, 11) is 0. The van der Waals surface area contributed by atoms with Crippen molar-refractivity contribution in [2.75, 3.05) is 6.61 Å². The van der Waals surface area contributed by atoms with Crippen LogP contribution in [0.1, 0.15) is 23.2 Å². The van der Waals surface area contributed by atoms with Crippen LogP contribution < -0.4 is 4.74 Å². The first-order valence-electron chi connectivity index (χ1n) is 9.53. The molecule has 0 spiro atoms. The van der Waals surface area contributed by atoms with E-state index in [1.54, 1.807) is 0 Å². The van der Waals surface area contributed by atoms with Gasteiger partial charge in [0.05, 0.1) is 17.8 Å². The van der Waals surface area contributed by atoms with Crippen molar-refractivity contribution in [2.24, 2.45) is 5.92 Å². The Bertz CT molecular complexity index is 1210. The quantitative estimate of drug-likeness (QED) is 0.513. The maximum atomic E-state index is 11.3. The highest BCUT2D eigenvalue weighted by molar-refractivity contribution is 5.93. The fourth-order valence-electron chi connectivity index (χ4n) is 4.24. The second-order valence-corrected chi connectivity index (χ2v) is 7.58. The van der Waals surface area contributed by atoms with Crippen LogP contribution in [0.25, 0.3) is 33.5 Å². The van der Waals surface area contributed by atoms with Crippen LogP contribution in [0.4, 0.5) is 0 Å². The van der Waals surface area contributed by atoms with E-state index >= 15 is 0 Å². The predicted octanol–water partition coefficient (Wildman–Crippen LogP) is 4.27. The smallest absolute Gasteiger partial charge is 0.158 e. The summed E-state index contributed by atoms with van der Waals surface area (Å²) in [4.78, 5) is 16.3. The van der Waals surface area contributed by atoms with E-state index < -0.39 is 0 Å². The molecule has 134 valence electrons. The second kappa shape index (κ2) is 5.46. The first-order valence-corrected chi connectivity index (χ1v) is 9.53. The van der Waals surface area contributed by atoms with Crippen LogP contribution in [0.5, 0.6) is 5.75 Å². The van der Waals surface area contributed by atoms with E-state index in [1.165, 1.54) is 23.7 Å². The molecule has 1 fully saturated rings. The lowest BCUT2D eigenvalue weighted by molar-refractivity contribution is 0.112. The second-order valence-electron chi connectivity index (χ2n) is 7.58. The van der Waals surface area contributed by atoms with Crippen molar-refractivity contribution in [1.82, 2.24) is 14.1 Å². The van der Waals surface area contributed by atoms with E-state index in [1.807, 2.05) is 12.1 Å². The molecule has 0 N–H and O–H groups in total. The molecule has 2 aromatic heterocycles. The highest BCUT2D eigenvalue weighted by atomic mass is 16.5. The number of nitrogens with zero attached hydrogens (tertiary/aromatic N) is 3. The zero-order valence-electron chi connectivity index (χ0n) is 14.9. The minimum absolute atomic E-state index is 0.594. The molecule has 0 radical (unpaired) electrons. The number of para-hydroxylation sites is 1. The number of imidazole rings is 1. The van der Waals surface area contributed by atoms with Crippen molar-refractivity contribution in [3.63, 3.8) is 0 Å². The van der Waals surface area contributed by atoms with Gasteiger partial charge in [-0.2, -0.15) is 0 Å². The van der Waals surface area contributed by atoms with Gasteiger partial charge in [0.15, 0.2) is 5.82 Å². The first-order chi connectivity index (χ1) is 13.3. The Morgan fingerprint density at radius 3 is 2.93 bits per heavy atom. The summed E-state index contributed by atoms with van der Waals surface area (Å²) in [6.45, 7) is 2.40. The number of fused-ring (bicyclic) bond motifs is 1. The largest absolute Gasteiger partial charge is 0.489 e. The maximum absolute atomic E-state index is 11.3. The molecule has 5 heteroatoms. The molecule has 0 atom stereocenters. The average Bonchev–Trinajstić information content (AvgIpc) is 3.35. The molecular weight excluding hydrogens is 338 g/mol. The van der Waals surface area contributed by atoms with E-state index in [4.69, 9.17) is 9.72 Å². The van der Waals surface area contributed by atoms with Crippen LogP contribution >= 0.6 is 0 Å². The van der Waals surface area contributed by atoms with E-state index in [9.17, 15) is 4.79 Å². The molecule has 27 heavy (non-hydrogen) atoms. The van der Waals surface area contributed by atoms with Gasteiger partial charge in [-0.25, -0.2) is 4.98 Å². The van der Waals surface area contributed by atoms with E-state index in [2.05, 4.69) is 39.5 Å². The van der Waals surface area contributed by atoms with Gasteiger partial charge in [-0.15, -0.1) is 0 Å². The van der Waals surface area contributed by atoms with Crippen LogP contribution in [0.3, 0.4) is 0 Å². The van der Waals surface area contributed by atoms with Gasteiger partial charge in [0, 0.05) is 23.0 Å². The number of aromatic nitrogens is 3. The molecule has 0 bridgehead atoms. The highest BCUT2D eigenvalue weighted by Gasteiger charge is 2.27. The summed E-state index contributed by atoms with van der Waals surface area (Å²) < 4.78 is 10.5. The monoisotopic (exact) mass is 357 g/mol. The summed E-state index contributed by atoms with van der Waals surface area (Å²) in [6.07, 6.45) is 3.47. The Hall–Kier alpha value is -3.08. The third-order valence-corrected chi connectivity index (χ3v) is 5.72. The van der Waals surface area contributed by atoms with Crippen LogP contribution in [0, 0.1) is 5.92 Å². The molecule has 2 aliphatic rings.